The Hall–Kier alpha value is -5.45. The number of para-hydroxylation sites is 1. The van der Waals surface area contributed by atoms with Crippen LogP contribution in [0.15, 0.2) is 67.0 Å². The van der Waals surface area contributed by atoms with Crippen molar-refractivity contribution >= 4 is 28.7 Å². The number of fused-ring (bicyclic) bond motifs is 1. The minimum absolute atomic E-state index is 0.206. The normalized spacial score (nSPS) is 10.9. The van der Waals surface area contributed by atoms with E-state index >= 15 is 0 Å². The third-order valence-electron chi connectivity index (χ3n) is 6.50. The second-order valence-corrected chi connectivity index (χ2v) is 9.25. The van der Waals surface area contributed by atoms with Gasteiger partial charge in [-0.3, -0.25) is 14.7 Å². The molecular formula is C29H27N5O6. The fourth-order valence-electron chi connectivity index (χ4n) is 4.36. The lowest BCUT2D eigenvalue weighted by molar-refractivity contribution is 0.0828. The van der Waals surface area contributed by atoms with Crippen LogP contribution in [-0.2, 0) is 7.05 Å². The summed E-state index contributed by atoms with van der Waals surface area (Å²) in [7, 11) is 6.24. The Balaban J connectivity index is 1.51. The number of methoxy groups -OCH3 is 1. The van der Waals surface area contributed by atoms with Crippen LogP contribution in [0.2, 0.25) is 0 Å². The molecule has 2 aromatic carbocycles. The quantitative estimate of drug-likeness (QED) is 0.238. The Morgan fingerprint density at radius 1 is 1.00 bits per heavy atom. The number of benzene rings is 2. The Morgan fingerprint density at radius 3 is 2.48 bits per heavy atom. The number of hydrogen-bond donors (Lipinski definition) is 4. The molecule has 0 aliphatic rings. The van der Waals surface area contributed by atoms with Crippen molar-refractivity contribution in [3.8, 4) is 45.5 Å². The molecule has 5 aromatic rings. The summed E-state index contributed by atoms with van der Waals surface area (Å²) in [6.07, 6.45) is 2.64. The minimum atomic E-state index is -0.946. The number of pyridine rings is 1. The van der Waals surface area contributed by atoms with Crippen LogP contribution in [0.4, 0.5) is 10.5 Å². The SMILES string of the molecule is COc1ccccc1-c1c[nH]c2ncc(-c3ccc(NC(=O)Oc4cc(O)n(C)c4O)c(C(=O)N(C)C)c3)cc12. The molecule has 0 spiro atoms. The third kappa shape index (κ3) is 4.75. The van der Waals surface area contributed by atoms with Crippen molar-refractivity contribution in [1.82, 2.24) is 19.4 Å². The summed E-state index contributed by atoms with van der Waals surface area (Å²) >= 11 is 0. The van der Waals surface area contributed by atoms with Crippen molar-refractivity contribution in [1.29, 1.82) is 0 Å². The van der Waals surface area contributed by atoms with Gasteiger partial charge in [0.2, 0.25) is 5.88 Å². The first-order valence-electron chi connectivity index (χ1n) is 12.2. The van der Waals surface area contributed by atoms with E-state index in [2.05, 4.69) is 15.3 Å². The maximum absolute atomic E-state index is 13.1. The molecule has 11 heteroatoms. The summed E-state index contributed by atoms with van der Waals surface area (Å²) in [5.74, 6) is -0.550. The molecule has 0 aliphatic heterocycles. The van der Waals surface area contributed by atoms with Crippen LogP contribution in [0.3, 0.4) is 0 Å². The predicted octanol–water partition coefficient (Wildman–Crippen LogP) is 4.97. The van der Waals surface area contributed by atoms with Gasteiger partial charge in [0.05, 0.1) is 18.4 Å². The van der Waals surface area contributed by atoms with E-state index in [4.69, 9.17) is 9.47 Å². The molecule has 2 amide bonds. The number of ether oxygens (including phenoxy) is 2. The number of H-pyrrole nitrogens is 1. The Kier molecular flexibility index (Phi) is 6.78. The fraction of sp³-hybridized carbons (Fsp3) is 0.138. The van der Waals surface area contributed by atoms with Crippen molar-refractivity contribution in [2.45, 2.75) is 0 Å². The first-order chi connectivity index (χ1) is 19.2. The zero-order valence-electron chi connectivity index (χ0n) is 22.2. The smallest absolute Gasteiger partial charge is 0.417 e. The van der Waals surface area contributed by atoms with E-state index in [1.165, 1.54) is 11.9 Å². The Bertz CT molecular complexity index is 1750. The molecule has 40 heavy (non-hydrogen) atoms. The third-order valence-corrected chi connectivity index (χ3v) is 6.50. The molecule has 3 aromatic heterocycles. The van der Waals surface area contributed by atoms with Gasteiger partial charge in [0.15, 0.2) is 11.6 Å². The number of anilines is 1. The summed E-state index contributed by atoms with van der Waals surface area (Å²) in [4.78, 5) is 34.9. The van der Waals surface area contributed by atoms with E-state index in [0.29, 0.717) is 11.2 Å². The van der Waals surface area contributed by atoms with E-state index in [0.717, 1.165) is 38.5 Å². The summed E-state index contributed by atoms with van der Waals surface area (Å²) in [5, 5.41) is 23.2. The topological polar surface area (TPSA) is 142 Å². The van der Waals surface area contributed by atoms with Gasteiger partial charge in [0.1, 0.15) is 11.4 Å². The molecule has 0 fully saturated rings. The molecule has 0 unspecified atom stereocenters. The molecule has 0 bridgehead atoms. The maximum atomic E-state index is 13.1. The molecule has 4 N–H and O–H groups in total. The van der Waals surface area contributed by atoms with Crippen LogP contribution in [0.25, 0.3) is 33.3 Å². The number of hydrogen-bond acceptors (Lipinski definition) is 7. The van der Waals surface area contributed by atoms with E-state index in [9.17, 15) is 19.8 Å². The van der Waals surface area contributed by atoms with Crippen molar-refractivity contribution in [2.75, 3.05) is 26.5 Å². The van der Waals surface area contributed by atoms with Gasteiger partial charge < -0.3 is 29.6 Å². The van der Waals surface area contributed by atoms with Gasteiger partial charge >= 0.3 is 6.09 Å². The molecule has 0 saturated heterocycles. The first kappa shape index (κ1) is 26.2. The van der Waals surface area contributed by atoms with Gasteiger partial charge in [0.25, 0.3) is 5.91 Å². The van der Waals surface area contributed by atoms with Crippen molar-refractivity contribution in [2.24, 2.45) is 7.05 Å². The molecule has 0 radical (unpaired) electrons. The van der Waals surface area contributed by atoms with Crippen LogP contribution in [0, 0.1) is 0 Å². The molecule has 5 rings (SSSR count). The predicted molar refractivity (Wildman–Crippen MR) is 150 cm³/mol. The number of nitrogens with zero attached hydrogens (tertiary/aromatic N) is 3. The lowest BCUT2D eigenvalue weighted by Gasteiger charge is -2.16. The molecule has 0 atom stereocenters. The summed E-state index contributed by atoms with van der Waals surface area (Å²) in [6.45, 7) is 0. The van der Waals surface area contributed by atoms with Crippen molar-refractivity contribution in [3.05, 3.63) is 72.6 Å². The number of carbonyl (C=O) groups excluding carboxylic acids is 2. The molecular weight excluding hydrogens is 514 g/mol. The zero-order chi connectivity index (χ0) is 28.6. The number of aromatic hydroxyl groups is 2. The van der Waals surface area contributed by atoms with Gasteiger partial charge in [-0.05, 0) is 29.8 Å². The maximum Gasteiger partial charge on any atom is 0.417 e. The highest BCUT2D eigenvalue weighted by molar-refractivity contribution is 6.04. The largest absolute Gasteiger partial charge is 0.496 e. The lowest BCUT2D eigenvalue weighted by atomic mass is 9.99. The zero-order valence-corrected chi connectivity index (χ0v) is 22.2. The molecule has 204 valence electrons. The summed E-state index contributed by atoms with van der Waals surface area (Å²) in [6, 6.07) is 15.8. The average Bonchev–Trinajstić information content (AvgIpc) is 3.48. The van der Waals surface area contributed by atoms with Crippen LogP contribution >= 0.6 is 0 Å². The van der Waals surface area contributed by atoms with Crippen LogP contribution in [-0.4, -0.2) is 62.9 Å². The van der Waals surface area contributed by atoms with E-state index in [1.54, 1.807) is 45.6 Å². The fourth-order valence-corrected chi connectivity index (χ4v) is 4.36. The number of aromatic amines is 1. The van der Waals surface area contributed by atoms with E-state index < -0.39 is 12.0 Å². The second kappa shape index (κ2) is 10.4. The average molecular weight is 542 g/mol. The second-order valence-electron chi connectivity index (χ2n) is 9.25. The lowest BCUT2D eigenvalue weighted by Crippen LogP contribution is -2.25. The van der Waals surface area contributed by atoms with Crippen LogP contribution in [0.1, 0.15) is 10.4 Å². The van der Waals surface area contributed by atoms with Gasteiger partial charge in [-0.2, -0.15) is 0 Å². The Labute approximate surface area is 229 Å². The molecule has 0 saturated carbocycles. The van der Waals surface area contributed by atoms with Gasteiger partial charge in [0, 0.05) is 61.7 Å². The van der Waals surface area contributed by atoms with Crippen molar-refractivity contribution < 1.29 is 29.3 Å². The standard InChI is InChI=1S/C29H27N5O6/c1-33(2)27(36)20-11-16(9-10-22(20)32-29(38)40-24-13-25(35)34(3)28(24)37)17-12-19-21(15-31-26(19)30-14-17)18-7-5-6-8-23(18)39-4/h5-15,35,37H,1-4H3,(H,30,31)(H,32,38). The summed E-state index contributed by atoms with van der Waals surface area (Å²) in [5.41, 5.74) is 4.42. The molecule has 0 aliphatic carbocycles. The first-order valence-corrected chi connectivity index (χ1v) is 12.2. The number of aromatic nitrogens is 3. The molecule has 3 heterocycles. The van der Waals surface area contributed by atoms with Gasteiger partial charge in [-0.25, -0.2) is 9.78 Å². The monoisotopic (exact) mass is 541 g/mol. The highest BCUT2D eigenvalue weighted by atomic mass is 16.6. The van der Waals surface area contributed by atoms with E-state index in [1.807, 2.05) is 36.5 Å². The summed E-state index contributed by atoms with van der Waals surface area (Å²) < 4.78 is 11.7. The Morgan fingerprint density at radius 2 is 1.77 bits per heavy atom. The van der Waals surface area contributed by atoms with Gasteiger partial charge in [-0.1, -0.05) is 24.3 Å². The number of carbonyl (C=O) groups is 2. The van der Waals surface area contributed by atoms with Crippen LogP contribution < -0.4 is 14.8 Å². The number of nitrogens with one attached hydrogen (secondary N) is 2. The van der Waals surface area contributed by atoms with Crippen LogP contribution in [0.5, 0.6) is 23.3 Å². The highest BCUT2D eigenvalue weighted by Gasteiger charge is 2.21. The van der Waals surface area contributed by atoms with Crippen molar-refractivity contribution in [3.63, 3.8) is 0 Å². The number of amides is 2. The molecule has 11 nitrogen and oxygen atoms in total. The highest BCUT2D eigenvalue weighted by Crippen LogP contribution is 2.37. The van der Waals surface area contributed by atoms with Gasteiger partial charge in [-0.15, -0.1) is 0 Å². The van der Waals surface area contributed by atoms with E-state index in [-0.39, 0.29) is 28.8 Å². The number of rotatable bonds is 6. The minimum Gasteiger partial charge on any atom is -0.496 e.